The summed E-state index contributed by atoms with van der Waals surface area (Å²) in [5.41, 5.74) is 2.01. The van der Waals surface area contributed by atoms with E-state index >= 15 is 0 Å². The first-order valence-electron chi connectivity index (χ1n) is 10.5. The second-order valence-corrected chi connectivity index (χ2v) is 9.28. The number of hydrogen-bond acceptors (Lipinski definition) is 6. The van der Waals surface area contributed by atoms with E-state index in [1.54, 1.807) is 6.07 Å². The van der Waals surface area contributed by atoms with Crippen LogP contribution >= 0.6 is 11.3 Å². The monoisotopic (exact) mass is 426 g/mol. The van der Waals surface area contributed by atoms with E-state index in [2.05, 4.69) is 42.2 Å². The van der Waals surface area contributed by atoms with E-state index in [1.165, 1.54) is 24.2 Å². The zero-order valence-corrected chi connectivity index (χ0v) is 19.0. The van der Waals surface area contributed by atoms with Crippen molar-refractivity contribution in [2.75, 3.05) is 26.7 Å². The van der Waals surface area contributed by atoms with Crippen LogP contribution < -0.4 is 10.1 Å². The summed E-state index contributed by atoms with van der Waals surface area (Å²) in [4.78, 5) is 20.2. The molecule has 1 amide bonds. The molecule has 0 spiro atoms. The summed E-state index contributed by atoms with van der Waals surface area (Å²) in [6, 6.07) is 8.25. The van der Waals surface area contributed by atoms with Gasteiger partial charge in [-0.15, -0.1) is 11.3 Å². The van der Waals surface area contributed by atoms with Crippen LogP contribution in [0.15, 0.2) is 18.2 Å². The van der Waals surface area contributed by atoms with Gasteiger partial charge < -0.3 is 15.0 Å². The maximum absolute atomic E-state index is 12.7. The van der Waals surface area contributed by atoms with Gasteiger partial charge in [0.25, 0.3) is 5.91 Å². The highest BCUT2D eigenvalue weighted by atomic mass is 32.1. The Morgan fingerprint density at radius 2 is 2.27 bits per heavy atom. The molecule has 0 saturated carbocycles. The summed E-state index contributed by atoms with van der Waals surface area (Å²) in [6.45, 7) is 8.36. The molecule has 2 heterocycles. The Hall–Kier alpha value is -2.43. The second kappa shape index (κ2) is 10.1. The van der Waals surface area contributed by atoms with E-state index in [9.17, 15) is 10.1 Å². The van der Waals surface area contributed by atoms with Crippen LogP contribution in [0.25, 0.3) is 10.6 Å². The van der Waals surface area contributed by atoms with Gasteiger partial charge >= 0.3 is 0 Å². The van der Waals surface area contributed by atoms with Gasteiger partial charge in [0, 0.05) is 18.2 Å². The van der Waals surface area contributed by atoms with Gasteiger partial charge in [-0.1, -0.05) is 13.8 Å². The molecule has 1 N–H and O–H groups in total. The average molecular weight is 427 g/mol. The molecule has 1 saturated heterocycles. The molecule has 7 heteroatoms. The highest BCUT2D eigenvalue weighted by Gasteiger charge is 2.21. The molecule has 1 unspecified atom stereocenters. The van der Waals surface area contributed by atoms with Gasteiger partial charge in [-0.2, -0.15) is 5.26 Å². The van der Waals surface area contributed by atoms with Gasteiger partial charge in [-0.3, -0.25) is 4.79 Å². The quantitative estimate of drug-likeness (QED) is 0.683. The Bertz CT molecular complexity index is 932. The minimum Gasteiger partial charge on any atom is -0.492 e. The van der Waals surface area contributed by atoms with Crippen LogP contribution in [0.5, 0.6) is 5.75 Å². The maximum atomic E-state index is 12.7. The number of thiazole rings is 1. The number of carbonyl (C=O) groups is 1. The van der Waals surface area contributed by atoms with Gasteiger partial charge in [0.15, 0.2) is 0 Å². The van der Waals surface area contributed by atoms with Gasteiger partial charge in [0.1, 0.15) is 21.7 Å². The third kappa shape index (κ3) is 5.38. The maximum Gasteiger partial charge on any atom is 0.263 e. The molecule has 30 heavy (non-hydrogen) atoms. The number of ether oxygens (including phenoxy) is 1. The minimum atomic E-state index is -0.0747. The molecule has 0 bridgehead atoms. The second-order valence-electron chi connectivity index (χ2n) is 8.28. The lowest BCUT2D eigenvalue weighted by atomic mass is 10.1. The molecule has 1 atom stereocenters. The first-order chi connectivity index (χ1) is 14.4. The van der Waals surface area contributed by atoms with Crippen molar-refractivity contribution in [3.05, 3.63) is 34.3 Å². The Labute approximate surface area is 182 Å². The molecular formula is C23H30N4O2S. The largest absolute Gasteiger partial charge is 0.492 e. The Morgan fingerprint density at radius 3 is 2.93 bits per heavy atom. The fourth-order valence-corrected chi connectivity index (χ4v) is 4.62. The third-order valence-corrected chi connectivity index (χ3v) is 6.56. The number of aryl methyl sites for hydroxylation is 1. The van der Waals surface area contributed by atoms with Crippen molar-refractivity contribution in [2.45, 2.75) is 46.1 Å². The first kappa shape index (κ1) is 22.3. The van der Waals surface area contributed by atoms with Gasteiger partial charge in [0.05, 0.1) is 17.9 Å². The van der Waals surface area contributed by atoms with E-state index in [1.807, 2.05) is 19.1 Å². The summed E-state index contributed by atoms with van der Waals surface area (Å²) in [5.74, 6) is 0.889. The highest BCUT2D eigenvalue weighted by molar-refractivity contribution is 7.17. The smallest absolute Gasteiger partial charge is 0.263 e. The average Bonchev–Trinajstić information content (AvgIpc) is 3.31. The molecule has 160 valence electrons. The number of amides is 1. The summed E-state index contributed by atoms with van der Waals surface area (Å²) in [5, 5.41) is 13.3. The van der Waals surface area contributed by atoms with Crippen molar-refractivity contribution >= 4 is 17.2 Å². The number of nitrogens with one attached hydrogen (secondary N) is 1. The molecule has 1 aliphatic heterocycles. The van der Waals surface area contributed by atoms with E-state index in [-0.39, 0.29) is 5.91 Å². The molecule has 1 aliphatic rings. The molecule has 1 aromatic carbocycles. The predicted octanol–water partition coefficient (Wildman–Crippen LogP) is 4.24. The summed E-state index contributed by atoms with van der Waals surface area (Å²) >= 11 is 1.36. The number of benzene rings is 1. The van der Waals surface area contributed by atoms with E-state index < -0.39 is 0 Å². The number of hydrogen-bond donors (Lipinski definition) is 1. The van der Waals surface area contributed by atoms with Crippen LogP contribution in [-0.2, 0) is 0 Å². The summed E-state index contributed by atoms with van der Waals surface area (Å²) < 4.78 is 5.73. The van der Waals surface area contributed by atoms with Gasteiger partial charge in [0.2, 0.25) is 0 Å². The van der Waals surface area contributed by atoms with Crippen LogP contribution in [0.4, 0.5) is 0 Å². The third-order valence-electron chi connectivity index (χ3n) is 5.36. The van der Waals surface area contributed by atoms with Crippen molar-refractivity contribution in [3.8, 4) is 22.4 Å². The lowest BCUT2D eigenvalue weighted by Crippen LogP contribution is -2.31. The standard InChI is InChI=1S/C23H30N4O2S/c1-15(2)14-29-20-8-7-17(12-18(20)13-24)23-26-16(3)21(30-23)22(28)25-10-9-19-6-5-11-27(19)4/h7-8,12,15,19H,5-6,9-11,14H2,1-4H3,(H,25,28). The van der Waals surface area contributed by atoms with Crippen molar-refractivity contribution in [1.29, 1.82) is 5.26 Å². The first-order valence-corrected chi connectivity index (χ1v) is 11.3. The molecule has 6 nitrogen and oxygen atoms in total. The zero-order valence-electron chi connectivity index (χ0n) is 18.2. The Kier molecular flexibility index (Phi) is 7.46. The number of nitrogens with zero attached hydrogens (tertiary/aromatic N) is 3. The van der Waals surface area contributed by atoms with E-state index in [0.717, 1.165) is 23.5 Å². The molecular weight excluding hydrogens is 396 g/mol. The lowest BCUT2D eigenvalue weighted by molar-refractivity contribution is 0.0953. The normalized spacial score (nSPS) is 16.6. The fourth-order valence-electron chi connectivity index (χ4n) is 3.64. The van der Waals surface area contributed by atoms with Crippen LogP contribution in [0.2, 0.25) is 0 Å². The summed E-state index contributed by atoms with van der Waals surface area (Å²) in [6.07, 6.45) is 3.41. The Morgan fingerprint density at radius 1 is 1.47 bits per heavy atom. The van der Waals surface area contributed by atoms with Crippen molar-refractivity contribution in [2.24, 2.45) is 5.92 Å². The number of nitriles is 1. The van der Waals surface area contributed by atoms with E-state index in [0.29, 0.717) is 47.0 Å². The van der Waals surface area contributed by atoms with Crippen LogP contribution in [0.3, 0.4) is 0 Å². The Balaban J connectivity index is 1.67. The molecule has 1 aromatic heterocycles. The minimum absolute atomic E-state index is 0.0747. The predicted molar refractivity (Wildman–Crippen MR) is 120 cm³/mol. The molecule has 3 rings (SSSR count). The van der Waals surface area contributed by atoms with E-state index in [4.69, 9.17) is 4.74 Å². The van der Waals surface area contributed by atoms with Crippen LogP contribution in [0.1, 0.15) is 54.0 Å². The van der Waals surface area contributed by atoms with Crippen LogP contribution in [-0.4, -0.2) is 48.6 Å². The van der Waals surface area contributed by atoms with Crippen molar-refractivity contribution in [3.63, 3.8) is 0 Å². The van der Waals surface area contributed by atoms with Gasteiger partial charge in [-0.25, -0.2) is 4.98 Å². The zero-order chi connectivity index (χ0) is 21.7. The molecule has 1 fully saturated rings. The van der Waals surface area contributed by atoms with Crippen LogP contribution in [0, 0.1) is 24.2 Å². The lowest BCUT2D eigenvalue weighted by Gasteiger charge is -2.19. The highest BCUT2D eigenvalue weighted by Crippen LogP contribution is 2.31. The molecule has 0 radical (unpaired) electrons. The number of carbonyl (C=O) groups excluding carboxylic acids is 1. The van der Waals surface area contributed by atoms with Gasteiger partial charge in [-0.05, 0) is 63.9 Å². The number of aromatic nitrogens is 1. The molecule has 2 aromatic rings. The van der Waals surface area contributed by atoms with Crippen molar-refractivity contribution < 1.29 is 9.53 Å². The van der Waals surface area contributed by atoms with Crippen molar-refractivity contribution in [1.82, 2.24) is 15.2 Å². The SMILES string of the molecule is Cc1nc(-c2ccc(OCC(C)C)c(C#N)c2)sc1C(=O)NCCC1CCCN1C. The fraction of sp³-hybridized carbons (Fsp3) is 0.522. The molecule has 0 aliphatic carbocycles. The summed E-state index contributed by atoms with van der Waals surface area (Å²) in [7, 11) is 2.15. The topological polar surface area (TPSA) is 78.2 Å². The number of rotatable bonds is 8. The number of likely N-dealkylation sites (tertiary alicyclic amines) is 1.